The third-order valence-corrected chi connectivity index (χ3v) is 5.26. The van der Waals surface area contributed by atoms with Crippen LogP contribution in [0.3, 0.4) is 0 Å². The van der Waals surface area contributed by atoms with E-state index in [0.29, 0.717) is 42.1 Å². The molecule has 0 aliphatic carbocycles. The standard InChI is InChI=1S/C12H13BrN2O5S/c1-21(17,18)15-4-2-14(3-5-15)10-6-9(16)12-11(20-10)8(13)7-19-12/h6-7H,2-5H2,1H3. The zero-order chi connectivity index (χ0) is 15.2. The molecule has 0 aromatic carbocycles. The van der Waals surface area contributed by atoms with Gasteiger partial charge in [0, 0.05) is 26.2 Å². The summed E-state index contributed by atoms with van der Waals surface area (Å²) in [6.07, 6.45) is 2.60. The van der Waals surface area contributed by atoms with Crippen molar-refractivity contribution < 1.29 is 17.3 Å². The molecule has 0 spiro atoms. The van der Waals surface area contributed by atoms with Gasteiger partial charge < -0.3 is 13.7 Å². The molecule has 0 unspecified atom stereocenters. The Kier molecular flexibility index (Phi) is 3.58. The fourth-order valence-electron chi connectivity index (χ4n) is 2.30. The van der Waals surface area contributed by atoms with Crippen molar-refractivity contribution in [3.63, 3.8) is 0 Å². The van der Waals surface area contributed by atoms with E-state index in [1.165, 1.54) is 22.9 Å². The van der Waals surface area contributed by atoms with Gasteiger partial charge in [-0.3, -0.25) is 4.79 Å². The summed E-state index contributed by atoms with van der Waals surface area (Å²) < 4.78 is 35.8. The Bertz CT molecular complexity index is 833. The quantitative estimate of drug-likeness (QED) is 0.783. The topological polar surface area (TPSA) is 84.0 Å². The van der Waals surface area contributed by atoms with E-state index in [0.717, 1.165) is 0 Å². The van der Waals surface area contributed by atoms with Crippen molar-refractivity contribution in [3.05, 3.63) is 27.0 Å². The summed E-state index contributed by atoms with van der Waals surface area (Å²) in [4.78, 5) is 13.8. The van der Waals surface area contributed by atoms with E-state index in [1.807, 2.05) is 4.90 Å². The number of anilines is 1. The largest absolute Gasteiger partial charge is 0.456 e. The highest BCUT2D eigenvalue weighted by atomic mass is 79.9. The van der Waals surface area contributed by atoms with Crippen molar-refractivity contribution in [3.8, 4) is 0 Å². The predicted molar refractivity (Wildman–Crippen MR) is 81.1 cm³/mol. The normalized spacial score (nSPS) is 17.5. The van der Waals surface area contributed by atoms with Gasteiger partial charge in [-0.05, 0) is 15.9 Å². The summed E-state index contributed by atoms with van der Waals surface area (Å²) in [6.45, 7) is 1.67. The average molecular weight is 377 g/mol. The number of halogens is 1. The molecule has 1 aliphatic rings. The smallest absolute Gasteiger partial charge is 0.230 e. The van der Waals surface area contributed by atoms with Crippen LogP contribution in [0.2, 0.25) is 0 Å². The first-order valence-electron chi connectivity index (χ1n) is 6.27. The van der Waals surface area contributed by atoms with Gasteiger partial charge in [-0.1, -0.05) is 0 Å². The van der Waals surface area contributed by atoms with E-state index in [1.54, 1.807) is 0 Å². The molecule has 2 aromatic heterocycles. The SMILES string of the molecule is CS(=O)(=O)N1CCN(c2cc(=O)c3occ(Br)c3o2)CC1. The number of fused-ring (bicyclic) bond motifs is 1. The molecule has 21 heavy (non-hydrogen) atoms. The molecule has 0 atom stereocenters. The van der Waals surface area contributed by atoms with Gasteiger partial charge in [-0.25, -0.2) is 8.42 Å². The fourth-order valence-corrected chi connectivity index (χ4v) is 3.48. The first kappa shape index (κ1) is 14.6. The third kappa shape index (κ3) is 2.72. The Morgan fingerprint density at radius 1 is 1.19 bits per heavy atom. The van der Waals surface area contributed by atoms with Gasteiger partial charge in [-0.15, -0.1) is 0 Å². The summed E-state index contributed by atoms with van der Waals surface area (Å²) in [5.41, 5.74) is 0.269. The molecule has 1 aliphatic heterocycles. The second kappa shape index (κ2) is 5.15. The lowest BCUT2D eigenvalue weighted by Gasteiger charge is -2.33. The molecule has 1 fully saturated rings. The molecule has 0 N–H and O–H groups in total. The van der Waals surface area contributed by atoms with Crippen molar-refractivity contribution >= 4 is 43.0 Å². The lowest BCUT2D eigenvalue weighted by molar-refractivity contribution is 0.377. The van der Waals surface area contributed by atoms with Crippen molar-refractivity contribution in [2.24, 2.45) is 0 Å². The number of furan rings is 1. The van der Waals surface area contributed by atoms with Crippen molar-refractivity contribution in [2.75, 3.05) is 37.3 Å². The van der Waals surface area contributed by atoms with Crippen LogP contribution < -0.4 is 10.3 Å². The predicted octanol–water partition coefficient (Wildman–Crippen LogP) is 1.23. The molecule has 7 nitrogen and oxygen atoms in total. The average Bonchev–Trinajstić information content (AvgIpc) is 2.80. The minimum absolute atomic E-state index is 0.167. The Morgan fingerprint density at radius 3 is 2.48 bits per heavy atom. The lowest BCUT2D eigenvalue weighted by Crippen LogP contribution is -2.48. The van der Waals surface area contributed by atoms with Gasteiger partial charge in [0.1, 0.15) is 6.26 Å². The molecule has 9 heteroatoms. The highest BCUT2D eigenvalue weighted by Crippen LogP contribution is 2.28. The van der Waals surface area contributed by atoms with Gasteiger partial charge in [0.05, 0.1) is 16.8 Å². The summed E-state index contributed by atoms with van der Waals surface area (Å²) in [7, 11) is -3.18. The molecule has 114 valence electrons. The molecular formula is C12H13BrN2O5S. The maximum Gasteiger partial charge on any atom is 0.230 e. The Morgan fingerprint density at radius 2 is 1.86 bits per heavy atom. The number of rotatable bonds is 2. The van der Waals surface area contributed by atoms with E-state index in [2.05, 4.69) is 15.9 Å². The van der Waals surface area contributed by atoms with E-state index in [-0.39, 0.29) is 11.0 Å². The van der Waals surface area contributed by atoms with Crippen LogP contribution in [0.25, 0.3) is 11.2 Å². The monoisotopic (exact) mass is 376 g/mol. The molecule has 0 bridgehead atoms. The van der Waals surface area contributed by atoms with Crippen LogP contribution in [-0.4, -0.2) is 45.2 Å². The molecule has 2 aromatic rings. The number of piperazine rings is 1. The van der Waals surface area contributed by atoms with Gasteiger partial charge >= 0.3 is 0 Å². The Hall–Kier alpha value is -1.32. The maximum absolute atomic E-state index is 12.0. The van der Waals surface area contributed by atoms with Gasteiger partial charge in [-0.2, -0.15) is 4.31 Å². The first-order chi connectivity index (χ1) is 9.86. The summed E-state index contributed by atoms with van der Waals surface area (Å²) in [6, 6.07) is 1.37. The molecule has 0 radical (unpaired) electrons. The van der Waals surface area contributed by atoms with Crippen LogP contribution in [0.1, 0.15) is 0 Å². The summed E-state index contributed by atoms with van der Waals surface area (Å²) in [5.74, 6) is 0.419. The summed E-state index contributed by atoms with van der Waals surface area (Å²) >= 11 is 3.26. The van der Waals surface area contributed by atoms with Gasteiger partial charge in [0.2, 0.25) is 21.0 Å². The molecule has 3 heterocycles. The summed E-state index contributed by atoms with van der Waals surface area (Å²) in [5, 5.41) is 0. The second-order valence-electron chi connectivity index (χ2n) is 4.84. The second-order valence-corrected chi connectivity index (χ2v) is 7.68. The maximum atomic E-state index is 12.0. The molecule has 3 rings (SSSR count). The van der Waals surface area contributed by atoms with Crippen LogP contribution >= 0.6 is 15.9 Å². The minimum Gasteiger partial charge on any atom is -0.456 e. The van der Waals surface area contributed by atoms with Crippen molar-refractivity contribution in [1.82, 2.24) is 4.31 Å². The number of hydrogen-bond donors (Lipinski definition) is 0. The highest BCUT2D eigenvalue weighted by Gasteiger charge is 2.25. The van der Waals surface area contributed by atoms with Crippen molar-refractivity contribution in [1.29, 1.82) is 0 Å². The molecule has 0 saturated carbocycles. The van der Waals surface area contributed by atoms with Crippen LogP contribution in [0, 0.1) is 0 Å². The zero-order valence-corrected chi connectivity index (χ0v) is 13.6. The van der Waals surface area contributed by atoms with E-state index < -0.39 is 10.0 Å². The number of hydrogen-bond acceptors (Lipinski definition) is 6. The molecular weight excluding hydrogens is 364 g/mol. The van der Waals surface area contributed by atoms with Crippen LogP contribution in [0.15, 0.2) is 30.4 Å². The van der Waals surface area contributed by atoms with Crippen LogP contribution in [0.5, 0.6) is 0 Å². The Balaban J connectivity index is 1.89. The fraction of sp³-hybridized carbons (Fsp3) is 0.417. The molecule has 1 saturated heterocycles. The van der Waals surface area contributed by atoms with E-state index >= 15 is 0 Å². The van der Waals surface area contributed by atoms with Crippen LogP contribution in [0.4, 0.5) is 5.88 Å². The van der Waals surface area contributed by atoms with Gasteiger partial charge in [0.15, 0.2) is 11.5 Å². The highest BCUT2D eigenvalue weighted by molar-refractivity contribution is 9.10. The van der Waals surface area contributed by atoms with Crippen molar-refractivity contribution in [2.45, 2.75) is 0 Å². The van der Waals surface area contributed by atoms with E-state index in [9.17, 15) is 13.2 Å². The number of nitrogens with zero attached hydrogens (tertiary/aromatic N) is 2. The lowest BCUT2D eigenvalue weighted by atomic mass is 10.3. The Labute approximate surface area is 129 Å². The zero-order valence-electron chi connectivity index (χ0n) is 11.2. The third-order valence-electron chi connectivity index (χ3n) is 3.41. The first-order valence-corrected chi connectivity index (χ1v) is 8.91. The van der Waals surface area contributed by atoms with E-state index in [4.69, 9.17) is 8.83 Å². The van der Waals surface area contributed by atoms with Crippen LogP contribution in [-0.2, 0) is 10.0 Å². The van der Waals surface area contributed by atoms with Gasteiger partial charge in [0.25, 0.3) is 0 Å². The number of sulfonamides is 1. The molecule has 0 amide bonds. The minimum atomic E-state index is -3.18.